The Bertz CT molecular complexity index is 355. The van der Waals surface area contributed by atoms with Gasteiger partial charge in [0.15, 0.2) is 6.17 Å². The molecular weight excluding hydrogens is 220 g/mol. The molecule has 0 aliphatic carbocycles. The summed E-state index contributed by atoms with van der Waals surface area (Å²) in [5.41, 5.74) is 0. The Kier molecular flexibility index (Phi) is 3.31. The number of imide groups is 1. The molecule has 17 heavy (non-hydrogen) atoms. The molecule has 6 heteroatoms. The van der Waals surface area contributed by atoms with Gasteiger partial charge in [0.05, 0.1) is 6.34 Å². The average Bonchev–Trinajstić information content (AvgIpc) is 2.79. The molecular formula is C11H18N4O2. The number of carbonyl (C=O) groups excluding carboxylic acids is 2. The third kappa shape index (κ3) is 1.87. The number of nitrogens with one attached hydrogen (secondary N) is 1. The van der Waals surface area contributed by atoms with Crippen molar-refractivity contribution in [1.82, 2.24) is 15.1 Å². The Morgan fingerprint density at radius 1 is 1.29 bits per heavy atom. The van der Waals surface area contributed by atoms with Crippen molar-refractivity contribution in [2.24, 2.45) is 4.99 Å². The van der Waals surface area contributed by atoms with Crippen LogP contribution in [0.1, 0.15) is 26.7 Å². The molecule has 0 aromatic carbocycles. The summed E-state index contributed by atoms with van der Waals surface area (Å²) >= 11 is 0. The summed E-state index contributed by atoms with van der Waals surface area (Å²) in [6.45, 7) is 5.07. The van der Waals surface area contributed by atoms with Gasteiger partial charge in [-0.3, -0.25) is 14.6 Å². The van der Waals surface area contributed by atoms with Crippen molar-refractivity contribution in [2.75, 3.05) is 13.1 Å². The lowest BCUT2D eigenvalue weighted by Crippen LogP contribution is -2.65. The molecule has 0 unspecified atom stereocenters. The maximum atomic E-state index is 12.2. The van der Waals surface area contributed by atoms with E-state index < -0.39 is 6.04 Å². The maximum absolute atomic E-state index is 12.2. The zero-order chi connectivity index (χ0) is 12.4. The van der Waals surface area contributed by atoms with Gasteiger partial charge in [0.2, 0.25) is 0 Å². The van der Waals surface area contributed by atoms with E-state index in [-0.39, 0.29) is 18.1 Å². The molecule has 1 saturated heterocycles. The molecule has 2 rings (SSSR count). The van der Waals surface area contributed by atoms with Crippen LogP contribution in [0.4, 0.5) is 4.79 Å². The highest BCUT2D eigenvalue weighted by atomic mass is 16.2. The van der Waals surface area contributed by atoms with Gasteiger partial charge in [-0.1, -0.05) is 13.8 Å². The van der Waals surface area contributed by atoms with Crippen molar-refractivity contribution >= 4 is 18.3 Å². The first-order chi connectivity index (χ1) is 8.20. The zero-order valence-corrected chi connectivity index (χ0v) is 10.2. The molecule has 0 radical (unpaired) electrons. The number of nitrogens with zero attached hydrogens (tertiary/aromatic N) is 3. The molecule has 2 atom stereocenters. The number of fused-ring (bicyclic) bond motifs is 1. The highest BCUT2D eigenvalue weighted by molar-refractivity contribution is 6.02. The Hall–Kier alpha value is -1.59. The van der Waals surface area contributed by atoms with Gasteiger partial charge < -0.3 is 5.32 Å². The first kappa shape index (κ1) is 11.9. The second-order valence-corrected chi connectivity index (χ2v) is 4.30. The van der Waals surface area contributed by atoms with E-state index in [1.165, 1.54) is 11.2 Å². The highest BCUT2D eigenvalue weighted by Gasteiger charge is 2.47. The minimum absolute atomic E-state index is 0.160. The molecule has 1 fully saturated rings. The van der Waals surface area contributed by atoms with Crippen LogP contribution in [0.25, 0.3) is 0 Å². The molecule has 2 heterocycles. The molecule has 0 aromatic heterocycles. The predicted molar refractivity (Wildman–Crippen MR) is 63.6 cm³/mol. The van der Waals surface area contributed by atoms with Gasteiger partial charge in [0, 0.05) is 13.1 Å². The van der Waals surface area contributed by atoms with Crippen molar-refractivity contribution in [3.8, 4) is 0 Å². The third-order valence-electron chi connectivity index (χ3n) is 3.02. The second-order valence-electron chi connectivity index (χ2n) is 4.30. The van der Waals surface area contributed by atoms with E-state index >= 15 is 0 Å². The fraction of sp³-hybridized carbons (Fsp3) is 0.727. The number of urea groups is 1. The Balaban J connectivity index is 2.23. The molecule has 0 saturated carbocycles. The number of hydrogen-bond acceptors (Lipinski definition) is 4. The van der Waals surface area contributed by atoms with Gasteiger partial charge in [-0.15, -0.1) is 0 Å². The molecule has 0 bridgehead atoms. The van der Waals surface area contributed by atoms with Crippen LogP contribution in [0, 0.1) is 0 Å². The van der Waals surface area contributed by atoms with Gasteiger partial charge in [0.1, 0.15) is 6.04 Å². The largest absolute Gasteiger partial charge is 0.362 e. The lowest BCUT2D eigenvalue weighted by molar-refractivity contribution is -0.134. The summed E-state index contributed by atoms with van der Waals surface area (Å²) < 4.78 is 0. The summed E-state index contributed by atoms with van der Waals surface area (Å²) in [5, 5.41) is 2.93. The predicted octanol–water partition coefficient (Wildman–Crippen LogP) is 0.397. The number of amides is 3. The van der Waals surface area contributed by atoms with Crippen LogP contribution in [-0.2, 0) is 4.79 Å². The van der Waals surface area contributed by atoms with E-state index in [2.05, 4.69) is 10.3 Å². The summed E-state index contributed by atoms with van der Waals surface area (Å²) in [4.78, 5) is 31.5. The van der Waals surface area contributed by atoms with E-state index in [1.54, 1.807) is 4.90 Å². The van der Waals surface area contributed by atoms with Gasteiger partial charge in [-0.25, -0.2) is 9.79 Å². The minimum atomic E-state index is -0.397. The molecule has 2 aliphatic rings. The molecule has 1 N–H and O–H groups in total. The van der Waals surface area contributed by atoms with E-state index in [0.29, 0.717) is 13.1 Å². The van der Waals surface area contributed by atoms with E-state index in [4.69, 9.17) is 0 Å². The summed E-state index contributed by atoms with van der Waals surface area (Å²) in [6.07, 6.45) is 2.80. The van der Waals surface area contributed by atoms with Crippen LogP contribution in [0.5, 0.6) is 0 Å². The Morgan fingerprint density at radius 3 is 2.65 bits per heavy atom. The van der Waals surface area contributed by atoms with Crippen LogP contribution < -0.4 is 5.32 Å². The number of hydrogen-bond donors (Lipinski definition) is 1. The number of rotatable bonds is 4. The highest BCUT2D eigenvalue weighted by Crippen LogP contribution is 2.21. The van der Waals surface area contributed by atoms with Crippen LogP contribution in [0.2, 0.25) is 0 Å². The Morgan fingerprint density at radius 2 is 2.00 bits per heavy atom. The second kappa shape index (κ2) is 4.73. The summed E-state index contributed by atoms with van der Waals surface area (Å²) in [6, 6.07) is -0.605. The number of carbonyl (C=O) groups is 2. The topological polar surface area (TPSA) is 65.0 Å². The lowest BCUT2D eigenvalue weighted by Gasteiger charge is -2.40. The maximum Gasteiger partial charge on any atom is 0.328 e. The van der Waals surface area contributed by atoms with Gasteiger partial charge in [-0.05, 0) is 12.8 Å². The molecule has 2 aliphatic heterocycles. The van der Waals surface area contributed by atoms with E-state index in [9.17, 15) is 9.59 Å². The summed E-state index contributed by atoms with van der Waals surface area (Å²) in [5.74, 6) is -0.160. The zero-order valence-electron chi connectivity index (χ0n) is 10.2. The van der Waals surface area contributed by atoms with Crippen molar-refractivity contribution in [3.05, 3.63) is 0 Å². The first-order valence-electron chi connectivity index (χ1n) is 6.10. The fourth-order valence-electron chi connectivity index (χ4n) is 2.26. The standard InChI is InChI=1S/C11H18N4O2/c1-3-5-14-9-8(12-7-13-9)10(16)15(6-4-2)11(14)17/h7-9H,3-6H2,1-2H3,(H,12,13)/t8-,9-/m0/s1. The van der Waals surface area contributed by atoms with Gasteiger partial charge >= 0.3 is 6.03 Å². The summed E-state index contributed by atoms with van der Waals surface area (Å²) in [7, 11) is 0. The quantitative estimate of drug-likeness (QED) is 0.771. The SMILES string of the molecule is CCCN1C(=O)[C@H]2NC=N[C@H]2N(CCC)C1=O. The van der Waals surface area contributed by atoms with Crippen LogP contribution in [-0.4, -0.2) is 53.4 Å². The van der Waals surface area contributed by atoms with Crippen molar-refractivity contribution < 1.29 is 9.59 Å². The number of aliphatic imine (C=N–C) groups is 1. The third-order valence-corrected chi connectivity index (χ3v) is 3.02. The Labute approximate surface area is 101 Å². The fourth-order valence-corrected chi connectivity index (χ4v) is 2.26. The van der Waals surface area contributed by atoms with E-state index in [0.717, 1.165) is 12.8 Å². The molecule has 6 nitrogen and oxygen atoms in total. The molecule has 0 aromatic rings. The lowest BCUT2D eigenvalue weighted by atomic mass is 10.1. The van der Waals surface area contributed by atoms with Gasteiger partial charge in [0.25, 0.3) is 5.91 Å². The van der Waals surface area contributed by atoms with Gasteiger partial charge in [-0.2, -0.15) is 0 Å². The average molecular weight is 238 g/mol. The van der Waals surface area contributed by atoms with Crippen molar-refractivity contribution in [1.29, 1.82) is 0 Å². The molecule has 94 valence electrons. The molecule has 0 spiro atoms. The van der Waals surface area contributed by atoms with Crippen LogP contribution >= 0.6 is 0 Å². The monoisotopic (exact) mass is 238 g/mol. The molecule has 3 amide bonds. The first-order valence-corrected chi connectivity index (χ1v) is 6.10. The normalized spacial score (nSPS) is 27.4. The van der Waals surface area contributed by atoms with Crippen LogP contribution in [0.3, 0.4) is 0 Å². The van der Waals surface area contributed by atoms with Crippen molar-refractivity contribution in [2.45, 2.75) is 38.9 Å². The minimum Gasteiger partial charge on any atom is -0.362 e. The smallest absolute Gasteiger partial charge is 0.328 e. The van der Waals surface area contributed by atoms with Crippen molar-refractivity contribution in [3.63, 3.8) is 0 Å². The van der Waals surface area contributed by atoms with E-state index in [1.807, 2.05) is 13.8 Å². The van der Waals surface area contributed by atoms with Crippen LogP contribution in [0.15, 0.2) is 4.99 Å².